The fourth-order valence-electron chi connectivity index (χ4n) is 1.94. The molecule has 21 heavy (non-hydrogen) atoms. The second kappa shape index (κ2) is 7.95. The normalized spacial score (nSPS) is 11.0. The highest BCUT2D eigenvalue weighted by Crippen LogP contribution is 2.24. The van der Waals surface area contributed by atoms with E-state index in [9.17, 15) is 4.79 Å². The highest BCUT2D eigenvalue weighted by Gasteiger charge is 2.13. The van der Waals surface area contributed by atoms with Crippen molar-refractivity contribution in [2.45, 2.75) is 19.3 Å². The van der Waals surface area contributed by atoms with Crippen LogP contribution in [-0.4, -0.2) is 43.1 Å². The second-order valence-corrected chi connectivity index (χ2v) is 6.12. The Labute approximate surface area is 128 Å². The molecule has 0 saturated carbocycles. The van der Waals surface area contributed by atoms with Gasteiger partial charge in [-0.2, -0.15) is 0 Å². The van der Waals surface area contributed by atoms with E-state index in [1.807, 2.05) is 17.5 Å². The Kier molecular flexibility index (Phi) is 5.95. The lowest BCUT2D eigenvalue weighted by Gasteiger charge is -2.08. The lowest BCUT2D eigenvalue weighted by atomic mass is 10.2. The Hall–Kier alpha value is -1.66. The summed E-state index contributed by atoms with van der Waals surface area (Å²) >= 11 is 1.56. The van der Waals surface area contributed by atoms with Crippen molar-refractivity contribution in [2.24, 2.45) is 0 Å². The van der Waals surface area contributed by atoms with Gasteiger partial charge in [0, 0.05) is 12.6 Å². The van der Waals surface area contributed by atoms with Crippen LogP contribution in [0.5, 0.6) is 0 Å². The molecule has 2 rings (SSSR count). The molecule has 2 aromatic heterocycles. The average molecular weight is 307 g/mol. The third-order valence-electron chi connectivity index (χ3n) is 3.07. The Morgan fingerprint density at radius 3 is 2.95 bits per heavy atom. The Morgan fingerprint density at radius 2 is 2.24 bits per heavy atom. The fraction of sp³-hybridized carbons (Fsp3) is 0.467. The Balaban J connectivity index is 1.71. The lowest BCUT2D eigenvalue weighted by molar-refractivity contribution is 0.0944. The molecule has 2 aromatic rings. The minimum atomic E-state index is -0.172. The number of nitrogens with one attached hydrogen (secondary N) is 1. The highest BCUT2D eigenvalue weighted by atomic mass is 32.1. The van der Waals surface area contributed by atoms with Crippen LogP contribution in [0.1, 0.15) is 29.8 Å². The molecule has 0 unspecified atom stereocenters. The molecule has 0 aliphatic carbocycles. The van der Waals surface area contributed by atoms with Gasteiger partial charge < -0.3 is 14.7 Å². The number of carbonyl (C=O) groups excluding carboxylic acids is 1. The molecular weight excluding hydrogens is 286 g/mol. The zero-order chi connectivity index (χ0) is 15.1. The van der Waals surface area contributed by atoms with Crippen molar-refractivity contribution in [1.29, 1.82) is 0 Å². The predicted octanol–water partition coefficient (Wildman–Crippen LogP) is 2.86. The van der Waals surface area contributed by atoms with Crippen LogP contribution >= 0.6 is 11.3 Å². The topological polar surface area (TPSA) is 58.4 Å². The number of hydrogen-bond acceptors (Lipinski definition) is 5. The van der Waals surface area contributed by atoms with E-state index in [0.717, 1.165) is 30.7 Å². The standard InChI is InChI=1S/C15H21N3O2S/c1-18(2)9-5-3-4-8-16-15(19)12-11-13(20-17-12)14-7-6-10-21-14/h6-7,10-11H,3-5,8-9H2,1-2H3,(H,16,19). The number of hydrogen-bond donors (Lipinski definition) is 1. The van der Waals surface area contributed by atoms with Gasteiger partial charge in [-0.15, -0.1) is 11.3 Å². The maximum Gasteiger partial charge on any atom is 0.273 e. The summed E-state index contributed by atoms with van der Waals surface area (Å²) in [4.78, 5) is 15.1. The van der Waals surface area contributed by atoms with Gasteiger partial charge in [-0.05, 0) is 44.9 Å². The first-order valence-electron chi connectivity index (χ1n) is 7.10. The summed E-state index contributed by atoms with van der Waals surface area (Å²) in [5.74, 6) is 0.468. The van der Waals surface area contributed by atoms with Gasteiger partial charge in [0.15, 0.2) is 11.5 Å². The van der Waals surface area contributed by atoms with Gasteiger partial charge in [0.25, 0.3) is 5.91 Å². The summed E-state index contributed by atoms with van der Waals surface area (Å²) < 4.78 is 5.20. The molecular formula is C15H21N3O2S. The molecule has 0 fully saturated rings. The third-order valence-corrected chi connectivity index (χ3v) is 3.96. The van der Waals surface area contributed by atoms with E-state index in [-0.39, 0.29) is 5.91 Å². The molecule has 0 aliphatic rings. The molecule has 5 nitrogen and oxygen atoms in total. The van der Waals surface area contributed by atoms with Crippen LogP contribution in [0.3, 0.4) is 0 Å². The molecule has 0 atom stereocenters. The van der Waals surface area contributed by atoms with Gasteiger partial charge in [-0.1, -0.05) is 17.6 Å². The first-order valence-corrected chi connectivity index (χ1v) is 7.98. The van der Waals surface area contributed by atoms with Crippen LogP contribution in [0, 0.1) is 0 Å². The number of amides is 1. The van der Waals surface area contributed by atoms with Crippen molar-refractivity contribution in [2.75, 3.05) is 27.2 Å². The minimum Gasteiger partial charge on any atom is -0.355 e. The maximum absolute atomic E-state index is 11.9. The van der Waals surface area contributed by atoms with Crippen LogP contribution < -0.4 is 5.32 Å². The van der Waals surface area contributed by atoms with E-state index in [0.29, 0.717) is 18.0 Å². The third kappa shape index (κ3) is 4.99. The van der Waals surface area contributed by atoms with E-state index in [1.54, 1.807) is 17.4 Å². The van der Waals surface area contributed by atoms with Crippen molar-refractivity contribution < 1.29 is 9.32 Å². The molecule has 1 amide bonds. The summed E-state index contributed by atoms with van der Waals surface area (Å²) in [7, 11) is 4.13. The van der Waals surface area contributed by atoms with E-state index >= 15 is 0 Å². The zero-order valence-corrected chi connectivity index (χ0v) is 13.3. The molecule has 6 heteroatoms. The van der Waals surface area contributed by atoms with Gasteiger partial charge in [0.05, 0.1) is 4.88 Å². The largest absolute Gasteiger partial charge is 0.355 e. The van der Waals surface area contributed by atoms with Crippen molar-refractivity contribution >= 4 is 17.2 Å². The van der Waals surface area contributed by atoms with E-state index < -0.39 is 0 Å². The number of rotatable bonds is 8. The first kappa shape index (κ1) is 15.7. The summed E-state index contributed by atoms with van der Waals surface area (Å²) in [5, 5.41) is 8.66. The molecule has 0 spiro atoms. The van der Waals surface area contributed by atoms with Crippen LogP contribution in [-0.2, 0) is 0 Å². The van der Waals surface area contributed by atoms with Gasteiger partial charge in [-0.25, -0.2) is 0 Å². The van der Waals surface area contributed by atoms with Crippen molar-refractivity contribution in [1.82, 2.24) is 15.4 Å². The number of carbonyl (C=O) groups is 1. The van der Waals surface area contributed by atoms with Crippen molar-refractivity contribution in [3.05, 3.63) is 29.3 Å². The molecule has 2 heterocycles. The molecule has 0 aromatic carbocycles. The molecule has 114 valence electrons. The van der Waals surface area contributed by atoms with E-state index in [1.165, 1.54) is 0 Å². The summed E-state index contributed by atoms with van der Waals surface area (Å²) in [5.41, 5.74) is 0.340. The van der Waals surface area contributed by atoms with Gasteiger partial charge in [-0.3, -0.25) is 4.79 Å². The van der Waals surface area contributed by atoms with Gasteiger partial charge in [0.2, 0.25) is 0 Å². The average Bonchev–Trinajstić information content (AvgIpc) is 3.11. The van der Waals surface area contributed by atoms with Gasteiger partial charge >= 0.3 is 0 Å². The number of thiophene rings is 1. The minimum absolute atomic E-state index is 0.172. The predicted molar refractivity (Wildman–Crippen MR) is 84.6 cm³/mol. The molecule has 0 saturated heterocycles. The summed E-state index contributed by atoms with van der Waals surface area (Å²) in [6.07, 6.45) is 3.24. The molecule has 0 radical (unpaired) electrons. The van der Waals surface area contributed by atoms with Crippen molar-refractivity contribution in [3.8, 4) is 10.6 Å². The smallest absolute Gasteiger partial charge is 0.273 e. The quantitative estimate of drug-likeness (QED) is 0.762. The monoisotopic (exact) mass is 307 g/mol. The SMILES string of the molecule is CN(C)CCCCCNC(=O)c1cc(-c2cccs2)on1. The van der Waals surface area contributed by atoms with Gasteiger partial charge in [0.1, 0.15) is 0 Å². The first-order chi connectivity index (χ1) is 10.2. The summed E-state index contributed by atoms with van der Waals surface area (Å²) in [6.45, 7) is 1.76. The number of unbranched alkanes of at least 4 members (excludes halogenated alkanes) is 2. The number of aromatic nitrogens is 1. The van der Waals surface area contributed by atoms with Crippen LogP contribution in [0.2, 0.25) is 0 Å². The van der Waals surface area contributed by atoms with Crippen LogP contribution in [0.4, 0.5) is 0 Å². The fourth-order valence-corrected chi connectivity index (χ4v) is 2.61. The van der Waals surface area contributed by atoms with E-state index in [2.05, 4.69) is 29.5 Å². The van der Waals surface area contributed by atoms with E-state index in [4.69, 9.17) is 4.52 Å². The second-order valence-electron chi connectivity index (χ2n) is 5.17. The molecule has 0 aliphatic heterocycles. The van der Waals surface area contributed by atoms with Crippen LogP contribution in [0.25, 0.3) is 10.6 Å². The molecule has 0 bridgehead atoms. The number of nitrogens with zero attached hydrogens (tertiary/aromatic N) is 2. The Morgan fingerprint density at radius 1 is 1.38 bits per heavy atom. The van der Waals surface area contributed by atoms with Crippen LogP contribution in [0.15, 0.2) is 28.1 Å². The van der Waals surface area contributed by atoms with Crippen molar-refractivity contribution in [3.63, 3.8) is 0 Å². The Bertz CT molecular complexity index is 549. The lowest BCUT2D eigenvalue weighted by Crippen LogP contribution is -2.24. The zero-order valence-electron chi connectivity index (χ0n) is 12.5. The summed E-state index contributed by atoms with van der Waals surface area (Å²) in [6, 6.07) is 5.57. The molecule has 1 N–H and O–H groups in total. The highest BCUT2D eigenvalue weighted by molar-refractivity contribution is 7.13. The maximum atomic E-state index is 11.9.